The van der Waals surface area contributed by atoms with Gasteiger partial charge < -0.3 is 9.84 Å². The number of carboxylic acid groups (broad SMARTS) is 1. The van der Waals surface area contributed by atoms with E-state index in [9.17, 15) is 9.59 Å². The number of hydrogen-bond donors (Lipinski definition) is 1. The largest absolute Gasteiger partial charge is 0.478 e. The molecular formula is C15H20O4. The third-order valence-corrected chi connectivity index (χ3v) is 2.85. The highest BCUT2D eigenvalue weighted by Gasteiger charge is 2.08. The van der Waals surface area contributed by atoms with Crippen molar-refractivity contribution in [3.63, 3.8) is 0 Å². The van der Waals surface area contributed by atoms with E-state index in [4.69, 9.17) is 9.84 Å². The van der Waals surface area contributed by atoms with Gasteiger partial charge in [-0.2, -0.15) is 0 Å². The zero-order valence-electron chi connectivity index (χ0n) is 11.2. The van der Waals surface area contributed by atoms with Crippen molar-refractivity contribution < 1.29 is 19.4 Å². The molecular weight excluding hydrogens is 244 g/mol. The van der Waals surface area contributed by atoms with Crippen LogP contribution >= 0.6 is 0 Å². The molecule has 0 spiro atoms. The smallest absolute Gasteiger partial charge is 0.338 e. The Morgan fingerprint density at radius 1 is 1.00 bits per heavy atom. The highest BCUT2D eigenvalue weighted by molar-refractivity contribution is 5.92. The molecule has 0 radical (unpaired) electrons. The standard InChI is InChI=1S/C15H20O4/c1-2-3-4-5-6-11-19-15(18)13-9-7-12(8-10-13)14(16)17/h7-10H,2-6,11H2,1H3,(H,16,17). The lowest BCUT2D eigenvalue weighted by molar-refractivity contribution is 0.0496. The predicted molar refractivity (Wildman–Crippen MR) is 72.4 cm³/mol. The van der Waals surface area contributed by atoms with Gasteiger partial charge in [0, 0.05) is 0 Å². The maximum absolute atomic E-state index is 11.6. The molecule has 104 valence electrons. The first-order valence-corrected chi connectivity index (χ1v) is 6.65. The number of hydrogen-bond acceptors (Lipinski definition) is 3. The first kappa shape index (κ1) is 15.2. The molecule has 1 rings (SSSR count). The Kier molecular flexibility index (Phi) is 6.64. The summed E-state index contributed by atoms with van der Waals surface area (Å²) in [6, 6.07) is 5.76. The van der Waals surface area contributed by atoms with Gasteiger partial charge in [-0.05, 0) is 30.7 Å². The molecule has 4 nitrogen and oxygen atoms in total. The second kappa shape index (κ2) is 8.29. The minimum absolute atomic E-state index is 0.163. The zero-order valence-corrected chi connectivity index (χ0v) is 11.2. The lowest BCUT2D eigenvalue weighted by Crippen LogP contribution is -2.07. The van der Waals surface area contributed by atoms with E-state index in [-0.39, 0.29) is 5.56 Å². The van der Waals surface area contributed by atoms with E-state index in [0.29, 0.717) is 12.2 Å². The number of ether oxygens (including phenoxy) is 1. The molecule has 1 aromatic rings. The summed E-state index contributed by atoms with van der Waals surface area (Å²) in [4.78, 5) is 22.3. The van der Waals surface area contributed by atoms with Crippen molar-refractivity contribution in [3.8, 4) is 0 Å². The summed E-state index contributed by atoms with van der Waals surface area (Å²) in [5, 5.41) is 8.74. The Labute approximate surface area is 113 Å². The van der Waals surface area contributed by atoms with Crippen LogP contribution in [0.4, 0.5) is 0 Å². The molecule has 0 atom stereocenters. The Morgan fingerprint density at radius 3 is 2.16 bits per heavy atom. The van der Waals surface area contributed by atoms with Gasteiger partial charge in [0.05, 0.1) is 17.7 Å². The minimum Gasteiger partial charge on any atom is -0.478 e. The molecule has 1 aromatic carbocycles. The molecule has 0 bridgehead atoms. The van der Waals surface area contributed by atoms with Gasteiger partial charge in [0.1, 0.15) is 0 Å². The van der Waals surface area contributed by atoms with Crippen LogP contribution in [-0.4, -0.2) is 23.7 Å². The molecule has 0 amide bonds. The number of rotatable bonds is 8. The average Bonchev–Trinajstić information content (AvgIpc) is 2.42. The van der Waals surface area contributed by atoms with Gasteiger partial charge in [0.25, 0.3) is 0 Å². The fourth-order valence-corrected chi connectivity index (χ4v) is 1.70. The molecule has 0 unspecified atom stereocenters. The second-order valence-corrected chi connectivity index (χ2v) is 4.43. The zero-order chi connectivity index (χ0) is 14.1. The van der Waals surface area contributed by atoms with Crippen molar-refractivity contribution in [2.24, 2.45) is 0 Å². The third kappa shape index (κ3) is 5.55. The van der Waals surface area contributed by atoms with Crippen LogP contribution in [0.2, 0.25) is 0 Å². The first-order valence-electron chi connectivity index (χ1n) is 6.65. The molecule has 0 aliphatic heterocycles. The van der Waals surface area contributed by atoms with Gasteiger partial charge in [0.2, 0.25) is 0 Å². The van der Waals surface area contributed by atoms with Crippen LogP contribution < -0.4 is 0 Å². The number of carbonyl (C=O) groups excluding carboxylic acids is 1. The van der Waals surface area contributed by atoms with Crippen LogP contribution in [0, 0.1) is 0 Å². The summed E-state index contributed by atoms with van der Waals surface area (Å²) >= 11 is 0. The minimum atomic E-state index is -1.00. The Morgan fingerprint density at radius 2 is 1.58 bits per heavy atom. The van der Waals surface area contributed by atoms with Gasteiger partial charge in [-0.1, -0.05) is 32.6 Å². The van der Waals surface area contributed by atoms with E-state index in [1.807, 2.05) is 0 Å². The van der Waals surface area contributed by atoms with Gasteiger partial charge in [-0.15, -0.1) is 0 Å². The topological polar surface area (TPSA) is 63.6 Å². The van der Waals surface area contributed by atoms with E-state index in [2.05, 4.69) is 6.92 Å². The van der Waals surface area contributed by atoms with Gasteiger partial charge in [0.15, 0.2) is 0 Å². The van der Waals surface area contributed by atoms with Crippen LogP contribution in [0.1, 0.15) is 59.7 Å². The summed E-state index contributed by atoms with van der Waals surface area (Å²) in [6.45, 7) is 2.57. The third-order valence-electron chi connectivity index (χ3n) is 2.85. The summed E-state index contributed by atoms with van der Waals surface area (Å²) in [5.41, 5.74) is 0.551. The molecule has 0 heterocycles. The molecule has 19 heavy (non-hydrogen) atoms. The van der Waals surface area contributed by atoms with Crippen LogP contribution in [0.5, 0.6) is 0 Å². The highest BCUT2D eigenvalue weighted by atomic mass is 16.5. The summed E-state index contributed by atoms with van der Waals surface area (Å²) < 4.78 is 5.12. The van der Waals surface area contributed by atoms with Gasteiger partial charge in [-0.3, -0.25) is 0 Å². The molecule has 1 N–H and O–H groups in total. The van der Waals surface area contributed by atoms with E-state index in [1.54, 1.807) is 0 Å². The summed E-state index contributed by atoms with van der Waals surface area (Å²) in [7, 11) is 0. The van der Waals surface area contributed by atoms with Crippen LogP contribution in [0.15, 0.2) is 24.3 Å². The monoisotopic (exact) mass is 264 g/mol. The van der Waals surface area contributed by atoms with Crippen molar-refractivity contribution in [2.75, 3.05) is 6.61 Å². The summed E-state index contributed by atoms with van der Waals surface area (Å²) in [6.07, 6.45) is 5.51. The average molecular weight is 264 g/mol. The first-order chi connectivity index (χ1) is 9.15. The fraction of sp³-hybridized carbons (Fsp3) is 0.467. The van der Waals surface area contributed by atoms with Crippen molar-refractivity contribution in [1.82, 2.24) is 0 Å². The van der Waals surface area contributed by atoms with Gasteiger partial charge in [-0.25, -0.2) is 9.59 Å². The molecule has 0 fully saturated rings. The molecule has 0 aliphatic rings. The van der Waals surface area contributed by atoms with Gasteiger partial charge >= 0.3 is 11.9 Å². The van der Waals surface area contributed by atoms with Crippen LogP contribution in [0.25, 0.3) is 0 Å². The highest BCUT2D eigenvalue weighted by Crippen LogP contribution is 2.07. The molecule has 4 heteroatoms. The van der Waals surface area contributed by atoms with Crippen LogP contribution in [0.3, 0.4) is 0 Å². The maximum atomic E-state index is 11.6. The van der Waals surface area contributed by atoms with Crippen molar-refractivity contribution >= 4 is 11.9 Å². The number of esters is 1. The quantitative estimate of drug-likeness (QED) is 0.576. The van der Waals surface area contributed by atoms with Crippen molar-refractivity contribution in [1.29, 1.82) is 0 Å². The second-order valence-electron chi connectivity index (χ2n) is 4.43. The Bertz CT molecular complexity index is 409. The molecule has 0 aliphatic carbocycles. The lowest BCUT2D eigenvalue weighted by Gasteiger charge is -2.05. The number of carbonyl (C=O) groups is 2. The fourth-order valence-electron chi connectivity index (χ4n) is 1.70. The van der Waals surface area contributed by atoms with E-state index in [1.165, 1.54) is 43.5 Å². The lowest BCUT2D eigenvalue weighted by atomic mass is 10.1. The van der Waals surface area contributed by atoms with E-state index >= 15 is 0 Å². The van der Waals surface area contributed by atoms with E-state index < -0.39 is 11.9 Å². The van der Waals surface area contributed by atoms with E-state index in [0.717, 1.165) is 12.8 Å². The normalized spacial score (nSPS) is 10.2. The molecule has 0 saturated carbocycles. The predicted octanol–water partition coefficient (Wildman–Crippen LogP) is 3.51. The van der Waals surface area contributed by atoms with Crippen molar-refractivity contribution in [3.05, 3.63) is 35.4 Å². The summed E-state index contributed by atoms with van der Waals surface area (Å²) in [5.74, 6) is -1.40. The number of benzene rings is 1. The molecule has 0 saturated heterocycles. The van der Waals surface area contributed by atoms with Crippen molar-refractivity contribution in [2.45, 2.75) is 39.0 Å². The SMILES string of the molecule is CCCCCCCOC(=O)c1ccc(C(=O)O)cc1. The van der Waals surface area contributed by atoms with Crippen LogP contribution in [-0.2, 0) is 4.74 Å². The Balaban J connectivity index is 2.31. The number of unbranched alkanes of at least 4 members (excludes halogenated alkanes) is 4. The maximum Gasteiger partial charge on any atom is 0.338 e. The Hall–Kier alpha value is -1.84. The number of aromatic carboxylic acids is 1. The number of carboxylic acids is 1. The molecule has 0 aromatic heterocycles.